The van der Waals surface area contributed by atoms with Crippen molar-refractivity contribution in [3.63, 3.8) is 0 Å². The van der Waals surface area contributed by atoms with Gasteiger partial charge in [0.15, 0.2) is 0 Å². The summed E-state index contributed by atoms with van der Waals surface area (Å²) in [6.07, 6.45) is 4.26. The molecule has 1 unspecified atom stereocenters. The van der Waals surface area contributed by atoms with Crippen molar-refractivity contribution in [2.75, 3.05) is 38.8 Å². The second kappa shape index (κ2) is 7.08. The Bertz CT molecular complexity index is 408. The van der Waals surface area contributed by atoms with E-state index in [4.69, 9.17) is 16.3 Å². The predicted octanol–water partition coefficient (Wildman–Crippen LogP) is 2.32. The molecule has 1 saturated heterocycles. The Balaban J connectivity index is 1.99. The van der Waals surface area contributed by atoms with Gasteiger partial charge in [-0.3, -0.25) is 0 Å². The third-order valence-electron chi connectivity index (χ3n) is 3.41. The number of anilines is 1. The molecule has 0 aliphatic carbocycles. The highest BCUT2D eigenvalue weighted by Gasteiger charge is 2.18. The Morgan fingerprint density at radius 2 is 2.42 bits per heavy atom. The molecule has 4 nitrogen and oxygen atoms in total. The van der Waals surface area contributed by atoms with Gasteiger partial charge in [0.2, 0.25) is 0 Å². The van der Waals surface area contributed by atoms with E-state index in [2.05, 4.69) is 15.2 Å². The van der Waals surface area contributed by atoms with E-state index in [1.807, 2.05) is 26.4 Å². The third kappa shape index (κ3) is 4.06. The molecule has 1 fully saturated rings. The first-order chi connectivity index (χ1) is 9.20. The van der Waals surface area contributed by atoms with Gasteiger partial charge < -0.3 is 15.0 Å². The summed E-state index contributed by atoms with van der Waals surface area (Å²) in [4.78, 5) is 6.61. The number of hydrogen-bond acceptors (Lipinski definition) is 4. The van der Waals surface area contributed by atoms with Crippen LogP contribution in [-0.2, 0) is 11.3 Å². The highest BCUT2D eigenvalue weighted by Crippen LogP contribution is 2.25. The summed E-state index contributed by atoms with van der Waals surface area (Å²) in [5.41, 5.74) is 1.10. The molecule has 2 heterocycles. The summed E-state index contributed by atoms with van der Waals surface area (Å²) in [7, 11) is 3.96. The lowest BCUT2D eigenvalue weighted by atomic mass is 10.0. The molecule has 1 aromatic heterocycles. The minimum atomic E-state index is 0.577. The zero-order valence-electron chi connectivity index (χ0n) is 11.7. The topological polar surface area (TPSA) is 37.4 Å². The SMILES string of the molecule is CNCc1cnc(N(C)CC2CCCOC2)c(Cl)c1. The largest absolute Gasteiger partial charge is 0.381 e. The fourth-order valence-electron chi connectivity index (χ4n) is 2.48. The fourth-order valence-corrected chi connectivity index (χ4v) is 2.81. The average molecular weight is 284 g/mol. The van der Waals surface area contributed by atoms with Gasteiger partial charge in [0.05, 0.1) is 11.6 Å². The molecule has 1 atom stereocenters. The molecule has 1 N–H and O–H groups in total. The normalized spacial score (nSPS) is 19.4. The summed E-state index contributed by atoms with van der Waals surface area (Å²) in [6, 6.07) is 1.98. The highest BCUT2D eigenvalue weighted by atomic mass is 35.5. The molecule has 1 aliphatic heterocycles. The molecule has 0 spiro atoms. The minimum absolute atomic E-state index is 0.577. The number of pyridine rings is 1. The standard InChI is InChI=1S/C14H22ClN3O/c1-16-7-12-6-13(15)14(17-8-12)18(2)9-11-4-3-5-19-10-11/h6,8,11,16H,3-5,7,9-10H2,1-2H3. The van der Waals surface area contributed by atoms with Crippen LogP contribution in [0.3, 0.4) is 0 Å². The van der Waals surface area contributed by atoms with E-state index in [1.165, 1.54) is 6.42 Å². The Morgan fingerprint density at radius 3 is 3.05 bits per heavy atom. The molecule has 0 radical (unpaired) electrons. The number of nitrogens with one attached hydrogen (secondary N) is 1. The monoisotopic (exact) mass is 283 g/mol. The van der Waals surface area contributed by atoms with Crippen LogP contribution >= 0.6 is 11.6 Å². The van der Waals surface area contributed by atoms with E-state index in [-0.39, 0.29) is 0 Å². The van der Waals surface area contributed by atoms with Gasteiger partial charge in [-0.25, -0.2) is 4.98 Å². The maximum atomic E-state index is 6.31. The van der Waals surface area contributed by atoms with Gasteiger partial charge in [-0.1, -0.05) is 11.6 Å². The summed E-state index contributed by atoms with van der Waals surface area (Å²) in [5.74, 6) is 1.43. The number of nitrogens with zero attached hydrogens (tertiary/aromatic N) is 2. The first kappa shape index (κ1) is 14.6. The summed E-state index contributed by atoms with van der Waals surface area (Å²) in [5, 5.41) is 3.81. The van der Waals surface area contributed by atoms with Crippen LogP contribution in [0.4, 0.5) is 5.82 Å². The van der Waals surface area contributed by atoms with Gasteiger partial charge in [-0.2, -0.15) is 0 Å². The Morgan fingerprint density at radius 1 is 1.58 bits per heavy atom. The molecule has 106 valence electrons. The van der Waals surface area contributed by atoms with Crippen LogP contribution < -0.4 is 10.2 Å². The first-order valence-corrected chi connectivity index (χ1v) is 7.16. The van der Waals surface area contributed by atoms with Crippen LogP contribution in [0.2, 0.25) is 5.02 Å². The minimum Gasteiger partial charge on any atom is -0.381 e. The predicted molar refractivity (Wildman–Crippen MR) is 78.8 cm³/mol. The van der Waals surface area contributed by atoms with Crippen molar-refractivity contribution in [3.05, 3.63) is 22.8 Å². The number of halogens is 1. The lowest BCUT2D eigenvalue weighted by molar-refractivity contribution is 0.0576. The highest BCUT2D eigenvalue weighted by molar-refractivity contribution is 6.33. The number of aromatic nitrogens is 1. The second-order valence-electron chi connectivity index (χ2n) is 5.14. The van der Waals surface area contributed by atoms with Crippen LogP contribution in [0, 0.1) is 5.92 Å². The average Bonchev–Trinajstić information content (AvgIpc) is 2.40. The molecule has 0 saturated carbocycles. The second-order valence-corrected chi connectivity index (χ2v) is 5.55. The molecular weight excluding hydrogens is 262 g/mol. The molecule has 0 amide bonds. The third-order valence-corrected chi connectivity index (χ3v) is 3.69. The van der Waals surface area contributed by atoms with Crippen LogP contribution in [0.1, 0.15) is 18.4 Å². The van der Waals surface area contributed by atoms with Gasteiger partial charge >= 0.3 is 0 Å². The van der Waals surface area contributed by atoms with Gasteiger partial charge in [-0.15, -0.1) is 0 Å². The maximum absolute atomic E-state index is 6.31. The maximum Gasteiger partial charge on any atom is 0.147 e. The number of hydrogen-bond donors (Lipinski definition) is 1. The van der Waals surface area contributed by atoms with E-state index in [0.717, 1.165) is 44.1 Å². The molecule has 2 rings (SSSR count). The molecule has 1 aliphatic rings. The summed E-state index contributed by atoms with van der Waals surface area (Å²) in [6.45, 7) is 3.48. The number of ether oxygens (including phenoxy) is 1. The van der Waals surface area contributed by atoms with Gasteiger partial charge in [0.1, 0.15) is 5.82 Å². The van der Waals surface area contributed by atoms with Crippen LogP contribution in [-0.4, -0.2) is 38.8 Å². The fraction of sp³-hybridized carbons (Fsp3) is 0.643. The Hall–Kier alpha value is -0.840. The van der Waals surface area contributed by atoms with E-state index < -0.39 is 0 Å². The Kier molecular flexibility index (Phi) is 5.43. The van der Waals surface area contributed by atoms with Crippen molar-refractivity contribution in [2.45, 2.75) is 19.4 Å². The zero-order chi connectivity index (χ0) is 13.7. The lowest BCUT2D eigenvalue weighted by Crippen LogP contribution is -2.31. The van der Waals surface area contributed by atoms with Crippen molar-refractivity contribution < 1.29 is 4.74 Å². The quantitative estimate of drug-likeness (QED) is 0.900. The zero-order valence-corrected chi connectivity index (χ0v) is 12.4. The van der Waals surface area contributed by atoms with E-state index in [1.54, 1.807) is 0 Å². The van der Waals surface area contributed by atoms with Gasteiger partial charge in [0.25, 0.3) is 0 Å². The van der Waals surface area contributed by atoms with Crippen LogP contribution in [0.15, 0.2) is 12.3 Å². The molecular formula is C14H22ClN3O. The van der Waals surface area contributed by atoms with Crippen LogP contribution in [0.5, 0.6) is 0 Å². The van der Waals surface area contributed by atoms with Gasteiger partial charge in [0, 0.05) is 32.9 Å². The van der Waals surface area contributed by atoms with Gasteiger partial charge in [-0.05, 0) is 37.4 Å². The molecule has 5 heteroatoms. The first-order valence-electron chi connectivity index (χ1n) is 6.78. The lowest BCUT2D eigenvalue weighted by Gasteiger charge is -2.28. The van der Waals surface area contributed by atoms with E-state index >= 15 is 0 Å². The number of rotatable bonds is 5. The van der Waals surface area contributed by atoms with E-state index in [9.17, 15) is 0 Å². The van der Waals surface area contributed by atoms with Crippen molar-refractivity contribution in [3.8, 4) is 0 Å². The summed E-state index contributed by atoms with van der Waals surface area (Å²) < 4.78 is 5.51. The molecule has 1 aromatic rings. The van der Waals surface area contributed by atoms with Crippen molar-refractivity contribution in [1.29, 1.82) is 0 Å². The van der Waals surface area contributed by atoms with Crippen LogP contribution in [0.25, 0.3) is 0 Å². The van der Waals surface area contributed by atoms with Crippen molar-refractivity contribution >= 4 is 17.4 Å². The van der Waals surface area contributed by atoms with E-state index in [0.29, 0.717) is 10.9 Å². The molecule has 19 heavy (non-hydrogen) atoms. The van der Waals surface area contributed by atoms with Crippen molar-refractivity contribution in [2.24, 2.45) is 5.92 Å². The smallest absolute Gasteiger partial charge is 0.147 e. The summed E-state index contributed by atoms with van der Waals surface area (Å²) >= 11 is 6.31. The molecule has 0 bridgehead atoms. The molecule has 0 aromatic carbocycles. The Labute approximate surface area is 120 Å². The van der Waals surface area contributed by atoms with Crippen molar-refractivity contribution in [1.82, 2.24) is 10.3 Å².